The van der Waals surface area contributed by atoms with Crippen molar-refractivity contribution >= 4 is 11.7 Å². The van der Waals surface area contributed by atoms with Crippen LogP contribution < -0.4 is 4.74 Å². The van der Waals surface area contributed by atoms with Crippen LogP contribution in [-0.4, -0.2) is 60.8 Å². The Morgan fingerprint density at radius 2 is 1.77 bits per heavy atom. The molecule has 1 heterocycles. The first-order valence-electron chi connectivity index (χ1n) is 9.38. The van der Waals surface area contributed by atoms with Gasteiger partial charge in [0.2, 0.25) is 5.91 Å². The summed E-state index contributed by atoms with van der Waals surface area (Å²) in [6.45, 7) is 7.57. The first-order valence-corrected chi connectivity index (χ1v) is 9.38. The van der Waals surface area contributed by atoms with Gasteiger partial charge in [0, 0.05) is 50.6 Å². The number of nitrogens with zero attached hydrogens (tertiary/aromatic N) is 2. The second kappa shape index (κ2) is 9.67. The summed E-state index contributed by atoms with van der Waals surface area (Å²) in [5, 5.41) is 0. The van der Waals surface area contributed by atoms with Gasteiger partial charge in [-0.1, -0.05) is 13.8 Å². The third kappa shape index (κ3) is 5.04. The van der Waals surface area contributed by atoms with Gasteiger partial charge in [-0.15, -0.1) is 0 Å². The molecule has 26 heavy (non-hydrogen) atoms. The Kier molecular flexibility index (Phi) is 7.57. The van der Waals surface area contributed by atoms with Gasteiger partial charge < -0.3 is 9.64 Å². The fourth-order valence-corrected chi connectivity index (χ4v) is 3.50. The molecule has 1 amide bonds. The molecule has 0 N–H and O–H groups in total. The van der Waals surface area contributed by atoms with Crippen molar-refractivity contribution in [3.8, 4) is 5.75 Å². The average molecular weight is 364 g/mol. The SMILES string of the molecule is CCC(CC)N1CCN(C(=O)CCC(=O)c2ccc(OC)c(F)c2)CC1. The number of hydrogen-bond acceptors (Lipinski definition) is 4. The van der Waals surface area contributed by atoms with Gasteiger partial charge in [0.05, 0.1) is 7.11 Å². The van der Waals surface area contributed by atoms with Crippen molar-refractivity contribution in [3.63, 3.8) is 0 Å². The van der Waals surface area contributed by atoms with Gasteiger partial charge in [-0.3, -0.25) is 14.5 Å². The minimum atomic E-state index is -0.567. The molecule has 0 aliphatic carbocycles. The number of methoxy groups -OCH3 is 1. The van der Waals surface area contributed by atoms with Crippen molar-refractivity contribution in [3.05, 3.63) is 29.6 Å². The average Bonchev–Trinajstić information content (AvgIpc) is 2.67. The lowest BCUT2D eigenvalue weighted by Gasteiger charge is -2.38. The van der Waals surface area contributed by atoms with E-state index in [0.717, 1.165) is 25.9 Å². The number of piperazine rings is 1. The first kappa shape index (κ1) is 20.4. The van der Waals surface area contributed by atoms with Gasteiger partial charge in [-0.05, 0) is 31.0 Å². The zero-order valence-corrected chi connectivity index (χ0v) is 16.0. The van der Waals surface area contributed by atoms with Crippen LogP contribution in [0.2, 0.25) is 0 Å². The van der Waals surface area contributed by atoms with Crippen LogP contribution in [0.15, 0.2) is 18.2 Å². The predicted octanol–water partition coefficient (Wildman–Crippen LogP) is 3.13. The van der Waals surface area contributed by atoms with E-state index in [2.05, 4.69) is 18.7 Å². The molecule has 1 aromatic carbocycles. The summed E-state index contributed by atoms with van der Waals surface area (Å²) in [5.41, 5.74) is 0.273. The molecule has 144 valence electrons. The summed E-state index contributed by atoms with van der Waals surface area (Å²) in [6.07, 6.45) is 2.50. The number of hydrogen-bond donors (Lipinski definition) is 0. The van der Waals surface area contributed by atoms with Gasteiger partial charge >= 0.3 is 0 Å². The molecule has 0 bridgehead atoms. The third-order valence-electron chi connectivity index (χ3n) is 5.17. The lowest BCUT2D eigenvalue weighted by Crippen LogP contribution is -2.51. The van der Waals surface area contributed by atoms with Crippen molar-refractivity contribution < 1.29 is 18.7 Å². The summed E-state index contributed by atoms with van der Waals surface area (Å²) in [7, 11) is 1.38. The fraction of sp³-hybridized carbons (Fsp3) is 0.600. The van der Waals surface area contributed by atoms with Crippen molar-refractivity contribution in [1.29, 1.82) is 0 Å². The highest BCUT2D eigenvalue weighted by molar-refractivity contribution is 5.98. The van der Waals surface area contributed by atoms with E-state index in [1.54, 1.807) is 0 Å². The van der Waals surface area contributed by atoms with E-state index in [1.165, 1.54) is 25.3 Å². The maximum atomic E-state index is 13.7. The number of ketones is 1. The van der Waals surface area contributed by atoms with Crippen LogP contribution in [-0.2, 0) is 4.79 Å². The smallest absolute Gasteiger partial charge is 0.223 e. The molecule has 0 saturated carbocycles. The van der Waals surface area contributed by atoms with Crippen LogP contribution in [0.3, 0.4) is 0 Å². The van der Waals surface area contributed by atoms with E-state index in [-0.39, 0.29) is 35.8 Å². The van der Waals surface area contributed by atoms with Crippen molar-refractivity contribution in [2.75, 3.05) is 33.3 Å². The molecule has 0 atom stereocenters. The molecule has 1 aromatic rings. The van der Waals surface area contributed by atoms with E-state index in [9.17, 15) is 14.0 Å². The highest BCUT2D eigenvalue weighted by Gasteiger charge is 2.24. The van der Waals surface area contributed by atoms with E-state index < -0.39 is 5.82 Å². The number of Topliss-reactive ketones (excluding diaryl/α,β-unsaturated/α-hetero) is 1. The summed E-state index contributed by atoms with van der Waals surface area (Å²) in [4.78, 5) is 28.9. The first-order chi connectivity index (χ1) is 12.5. The van der Waals surface area contributed by atoms with Gasteiger partial charge in [-0.2, -0.15) is 0 Å². The van der Waals surface area contributed by atoms with Crippen LogP contribution in [0, 0.1) is 5.82 Å². The standard InChI is InChI=1S/C20H29FN2O3/c1-4-16(5-2)22-10-12-23(13-11-22)20(25)9-7-18(24)15-6-8-19(26-3)17(21)14-15/h6,8,14,16H,4-5,7,9-13H2,1-3H3. The zero-order valence-electron chi connectivity index (χ0n) is 16.0. The Balaban J connectivity index is 1.82. The number of ether oxygens (including phenoxy) is 1. The van der Waals surface area contributed by atoms with Gasteiger partial charge in [0.15, 0.2) is 17.3 Å². The fourth-order valence-electron chi connectivity index (χ4n) is 3.50. The Labute approximate surface area is 155 Å². The lowest BCUT2D eigenvalue weighted by molar-refractivity contribution is -0.133. The quantitative estimate of drug-likeness (QED) is 0.665. The number of rotatable bonds is 8. The largest absolute Gasteiger partial charge is 0.494 e. The maximum absolute atomic E-state index is 13.7. The van der Waals surface area contributed by atoms with Gasteiger partial charge in [0.1, 0.15) is 0 Å². The van der Waals surface area contributed by atoms with Crippen LogP contribution in [0.4, 0.5) is 4.39 Å². The molecular formula is C20H29FN2O3. The van der Waals surface area contributed by atoms with Crippen molar-refractivity contribution in [2.45, 2.75) is 45.6 Å². The second-order valence-corrected chi connectivity index (χ2v) is 6.66. The summed E-state index contributed by atoms with van der Waals surface area (Å²) in [6, 6.07) is 4.71. The Bertz CT molecular complexity index is 623. The zero-order chi connectivity index (χ0) is 19.1. The Hall–Kier alpha value is -1.95. The van der Waals surface area contributed by atoms with Crippen molar-refractivity contribution in [2.24, 2.45) is 0 Å². The molecule has 0 aromatic heterocycles. The summed E-state index contributed by atoms with van der Waals surface area (Å²) in [5.74, 6) is -0.692. The summed E-state index contributed by atoms with van der Waals surface area (Å²) < 4.78 is 18.6. The van der Waals surface area contributed by atoms with Gasteiger partial charge in [0.25, 0.3) is 0 Å². The number of benzene rings is 1. The highest BCUT2D eigenvalue weighted by atomic mass is 19.1. The number of carbonyl (C=O) groups is 2. The van der Waals surface area contributed by atoms with Gasteiger partial charge in [-0.25, -0.2) is 4.39 Å². The Morgan fingerprint density at radius 3 is 2.31 bits per heavy atom. The lowest BCUT2D eigenvalue weighted by atomic mass is 10.1. The molecule has 1 aliphatic heterocycles. The molecule has 1 aliphatic rings. The normalized spacial score (nSPS) is 15.3. The topological polar surface area (TPSA) is 49.9 Å². The van der Waals surface area contributed by atoms with E-state index in [4.69, 9.17) is 4.74 Å². The molecule has 6 heteroatoms. The van der Waals surface area contributed by atoms with Crippen LogP contribution in [0.5, 0.6) is 5.75 Å². The molecule has 2 rings (SSSR count). The number of halogens is 1. The monoisotopic (exact) mass is 364 g/mol. The highest BCUT2D eigenvalue weighted by Crippen LogP contribution is 2.19. The third-order valence-corrected chi connectivity index (χ3v) is 5.17. The minimum absolute atomic E-state index is 0.00321. The van der Waals surface area contributed by atoms with E-state index >= 15 is 0 Å². The predicted molar refractivity (Wildman–Crippen MR) is 99.0 cm³/mol. The molecule has 1 fully saturated rings. The molecule has 0 unspecified atom stereocenters. The molecule has 1 saturated heterocycles. The minimum Gasteiger partial charge on any atom is -0.494 e. The molecule has 5 nitrogen and oxygen atoms in total. The van der Waals surface area contributed by atoms with E-state index in [0.29, 0.717) is 19.1 Å². The van der Waals surface area contributed by atoms with Crippen molar-refractivity contribution in [1.82, 2.24) is 9.80 Å². The Morgan fingerprint density at radius 1 is 1.12 bits per heavy atom. The molecule has 0 radical (unpaired) electrons. The number of amides is 1. The molecule has 0 spiro atoms. The van der Waals surface area contributed by atoms with Crippen LogP contribution >= 0.6 is 0 Å². The maximum Gasteiger partial charge on any atom is 0.223 e. The van der Waals surface area contributed by atoms with E-state index in [1.807, 2.05) is 4.90 Å². The van der Waals surface area contributed by atoms with Crippen LogP contribution in [0.1, 0.15) is 49.9 Å². The molecular weight excluding hydrogens is 335 g/mol. The van der Waals surface area contributed by atoms with Crippen LogP contribution in [0.25, 0.3) is 0 Å². The number of carbonyl (C=O) groups excluding carboxylic acids is 2. The summed E-state index contributed by atoms with van der Waals surface area (Å²) >= 11 is 0. The second-order valence-electron chi connectivity index (χ2n) is 6.66.